The molecule has 1 N–H and O–H groups in total. The molecule has 0 saturated carbocycles. The number of nitrogens with one attached hydrogen (secondary N) is 1. The Morgan fingerprint density at radius 2 is 2.47 bits per heavy atom. The van der Waals surface area contributed by atoms with Crippen LogP contribution in [-0.4, -0.2) is 46.9 Å². The van der Waals surface area contributed by atoms with E-state index in [-0.39, 0.29) is 11.9 Å². The van der Waals surface area contributed by atoms with Crippen LogP contribution in [0.2, 0.25) is 0 Å². The van der Waals surface area contributed by atoms with Gasteiger partial charge in [0.2, 0.25) is 5.91 Å². The Morgan fingerprint density at radius 3 is 3.21 bits per heavy atom. The smallest absolute Gasteiger partial charge is 0.245 e. The van der Waals surface area contributed by atoms with Gasteiger partial charge >= 0.3 is 0 Å². The molecule has 1 saturated heterocycles. The van der Waals surface area contributed by atoms with Crippen LogP contribution in [0.1, 0.15) is 29.5 Å². The van der Waals surface area contributed by atoms with E-state index in [9.17, 15) is 4.79 Å². The maximum absolute atomic E-state index is 12.7. The van der Waals surface area contributed by atoms with Gasteiger partial charge in [0.15, 0.2) is 0 Å². The first-order chi connectivity index (χ1) is 9.29. The van der Waals surface area contributed by atoms with Crippen molar-refractivity contribution in [1.29, 1.82) is 0 Å². The molecule has 1 fully saturated rings. The third-order valence-electron chi connectivity index (χ3n) is 3.85. The Labute approximate surface area is 122 Å². The Morgan fingerprint density at radius 1 is 1.58 bits per heavy atom. The molecule has 4 nitrogen and oxygen atoms in total. The summed E-state index contributed by atoms with van der Waals surface area (Å²) in [5, 5.41) is 3.79. The highest BCUT2D eigenvalue weighted by Crippen LogP contribution is 2.31. The predicted octanol–water partition coefficient (Wildman–Crippen LogP) is 1.68. The molecule has 3 rings (SSSR count). The topological polar surface area (TPSA) is 45.2 Å². The number of carbonyl (C=O) groups excluding carboxylic acids is 1. The number of aromatic nitrogens is 1. The summed E-state index contributed by atoms with van der Waals surface area (Å²) in [7, 11) is 1.86. The van der Waals surface area contributed by atoms with Crippen molar-refractivity contribution in [3.05, 3.63) is 16.1 Å². The fraction of sp³-hybridized carbons (Fsp3) is 0.692. The van der Waals surface area contributed by atoms with Crippen molar-refractivity contribution in [1.82, 2.24) is 15.2 Å². The van der Waals surface area contributed by atoms with Crippen molar-refractivity contribution >= 4 is 29.0 Å². The van der Waals surface area contributed by atoms with Crippen molar-refractivity contribution in [2.45, 2.75) is 30.6 Å². The van der Waals surface area contributed by atoms with Crippen molar-refractivity contribution in [3.63, 3.8) is 0 Å². The first-order valence-corrected chi connectivity index (χ1v) is 8.72. The molecule has 2 atom stereocenters. The Hall–Kier alpha value is -0.590. The van der Waals surface area contributed by atoms with Gasteiger partial charge in [-0.1, -0.05) is 0 Å². The zero-order valence-corrected chi connectivity index (χ0v) is 12.7. The number of hydrogen-bond donors (Lipinski definition) is 1. The van der Waals surface area contributed by atoms with E-state index in [1.807, 2.05) is 29.2 Å². The van der Waals surface area contributed by atoms with E-state index in [2.05, 4.69) is 10.3 Å². The Bertz CT molecular complexity index is 456. The second-order valence-corrected chi connectivity index (χ2v) is 7.35. The Kier molecular flexibility index (Phi) is 4.10. The van der Waals surface area contributed by atoms with Crippen LogP contribution in [0.15, 0.2) is 5.51 Å². The molecule has 1 amide bonds. The van der Waals surface area contributed by atoms with Crippen LogP contribution in [0.25, 0.3) is 0 Å². The minimum atomic E-state index is -0.198. The van der Waals surface area contributed by atoms with E-state index in [4.69, 9.17) is 0 Å². The molecule has 19 heavy (non-hydrogen) atoms. The number of fused-ring (bicyclic) bond motifs is 1. The lowest BCUT2D eigenvalue weighted by Crippen LogP contribution is -2.41. The number of carbonyl (C=O) groups is 1. The van der Waals surface area contributed by atoms with Crippen LogP contribution in [0.4, 0.5) is 0 Å². The number of likely N-dealkylation sites (N-methyl/N-ethyl adjacent to an activating group) is 1. The SMILES string of the molecule is CNC1C(=O)N(CC2CCCS2)CCc2ncsc21. The lowest BCUT2D eigenvalue weighted by Gasteiger charge is -2.26. The molecule has 1 aromatic heterocycles. The first-order valence-electron chi connectivity index (χ1n) is 6.79. The van der Waals surface area contributed by atoms with E-state index in [0.29, 0.717) is 5.25 Å². The van der Waals surface area contributed by atoms with Crippen LogP contribution in [0, 0.1) is 0 Å². The number of thioether (sulfide) groups is 1. The van der Waals surface area contributed by atoms with E-state index in [0.717, 1.165) is 30.1 Å². The summed E-state index contributed by atoms with van der Waals surface area (Å²) >= 11 is 3.61. The van der Waals surface area contributed by atoms with Gasteiger partial charge in [-0.05, 0) is 25.6 Å². The minimum absolute atomic E-state index is 0.198. The molecule has 3 heterocycles. The molecule has 0 spiro atoms. The highest BCUT2D eigenvalue weighted by atomic mass is 32.2. The fourth-order valence-electron chi connectivity index (χ4n) is 2.82. The summed E-state index contributed by atoms with van der Waals surface area (Å²) in [5.41, 5.74) is 2.95. The minimum Gasteiger partial charge on any atom is -0.340 e. The first kappa shape index (κ1) is 13.4. The number of hydrogen-bond acceptors (Lipinski definition) is 5. The fourth-order valence-corrected chi connectivity index (χ4v) is 5.04. The summed E-state index contributed by atoms with van der Waals surface area (Å²) in [5.74, 6) is 1.47. The predicted molar refractivity (Wildman–Crippen MR) is 79.7 cm³/mol. The highest BCUT2D eigenvalue weighted by molar-refractivity contribution is 8.00. The van der Waals surface area contributed by atoms with Crippen molar-refractivity contribution in [2.75, 3.05) is 25.9 Å². The average molecular weight is 297 g/mol. The van der Waals surface area contributed by atoms with E-state index in [1.54, 1.807) is 11.3 Å². The summed E-state index contributed by atoms with van der Waals surface area (Å²) in [6.07, 6.45) is 3.43. The number of thiazole rings is 1. The molecule has 104 valence electrons. The molecule has 2 unspecified atom stereocenters. The molecule has 0 radical (unpaired) electrons. The quantitative estimate of drug-likeness (QED) is 0.922. The van der Waals surface area contributed by atoms with E-state index in [1.165, 1.54) is 18.6 Å². The summed E-state index contributed by atoms with van der Waals surface area (Å²) < 4.78 is 0. The van der Waals surface area contributed by atoms with E-state index < -0.39 is 0 Å². The third-order valence-corrected chi connectivity index (χ3v) is 6.17. The maximum Gasteiger partial charge on any atom is 0.245 e. The summed E-state index contributed by atoms with van der Waals surface area (Å²) in [6, 6.07) is -0.198. The van der Waals surface area contributed by atoms with Gasteiger partial charge in [-0.25, -0.2) is 4.98 Å². The number of nitrogens with zero attached hydrogens (tertiary/aromatic N) is 2. The van der Waals surface area contributed by atoms with Gasteiger partial charge in [-0.2, -0.15) is 11.8 Å². The highest BCUT2D eigenvalue weighted by Gasteiger charge is 2.33. The largest absolute Gasteiger partial charge is 0.340 e. The number of rotatable bonds is 3. The molecule has 2 aliphatic rings. The second-order valence-electron chi connectivity index (χ2n) is 5.05. The molecular formula is C13H19N3OS2. The monoisotopic (exact) mass is 297 g/mol. The van der Waals surface area contributed by atoms with Crippen LogP contribution >= 0.6 is 23.1 Å². The number of amides is 1. The van der Waals surface area contributed by atoms with Gasteiger partial charge in [0, 0.05) is 24.8 Å². The van der Waals surface area contributed by atoms with Crippen LogP contribution < -0.4 is 5.32 Å². The van der Waals surface area contributed by atoms with Gasteiger partial charge in [-0.15, -0.1) is 11.3 Å². The zero-order chi connectivity index (χ0) is 13.2. The molecule has 0 aliphatic carbocycles. The third kappa shape index (κ3) is 2.66. The average Bonchev–Trinajstić information content (AvgIpc) is 3.04. The molecular weight excluding hydrogens is 278 g/mol. The molecule has 2 aliphatic heterocycles. The van der Waals surface area contributed by atoms with Crippen LogP contribution in [0.5, 0.6) is 0 Å². The molecule has 0 aromatic carbocycles. The van der Waals surface area contributed by atoms with Gasteiger partial charge in [0.1, 0.15) is 6.04 Å². The van der Waals surface area contributed by atoms with Gasteiger partial charge in [0.05, 0.1) is 16.1 Å². The normalized spacial score (nSPS) is 27.4. The van der Waals surface area contributed by atoms with E-state index >= 15 is 0 Å². The van der Waals surface area contributed by atoms with Gasteiger partial charge in [0.25, 0.3) is 0 Å². The zero-order valence-electron chi connectivity index (χ0n) is 11.1. The van der Waals surface area contributed by atoms with Gasteiger partial charge in [-0.3, -0.25) is 4.79 Å². The molecule has 1 aromatic rings. The maximum atomic E-state index is 12.7. The van der Waals surface area contributed by atoms with Crippen molar-refractivity contribution in [3.8, 4) is 0 Å². The van der Waals surface area contributed by atoms with Crippen LogP contribution in [-0.2, 0) is 11.2 Å². The van der Waals surface area contributed by atoms with Crippen molar-refractivity contribution < 1.29 is 4.79 Å². The Balaban J connectivity index is 1.77. The summed E-state index contributed by atoms with van der Waals surface area (Å²) in [4.78, 5) is 20.2. The lowest BCUT2D eigenvalue weighted by molar-refractivity contribution is -0.133. The summed E-state index contributed by atoms with van der Waals surface area (Å²) in [6.45, 7) is 1.71. The molecule has 0 bridgehead atoms. The van der Waals surface area contributed by atoms with Crippen molar-refractivity contribution in [2.24, 2.45) is 0 Å². The van der Waals surface area contributed by atoms with Crippen LogP contribution in [0.3, 0.4) is 0 Å². The van der Waals surface area contributed by atoms with Gasteiger partial charge < -0.3 is 10.2 Å². The standard InChI is InChI=1S/C13H19N3OS2/c1-14-11-12-10(15-8-19-12)4-5-16(13(11)17)7-9-3-2-6-18-9/h8-9,11,14H,2-7H2,1H3. The second kappa shape index (κ2) is 5.81. The molecule has 6 heteroatoms. The lowest BCUT2D eigenvalue weighted by atomic mass is 10.2.